The van der Waals surface area contributed by atoms with Crippen molar-refractivity contribution in [1.29, 1.82) is 5.26 Å². The summed E-state index contributed by atoms with van der Waals surface area (Å²) in [6, 6.07) is 18.9. The molecule has 0 atom stereocenters. The monoisotopic (exact) mass is 350 g/mol. The zero-order valence-corrected chi connectivity index (χ0v) is 14.6. The van der Waals surface area contributed by atoms with Crippen LogP contribution in [-0.2, 0) is 20.7 Å². The van der Waals surface area contributed by atoms with Crippen LogP contribution in [0.15, 0.2) is 54.6 Å². The highest BCUT2D eigenvalue weighted by Crippen LogP contribution is 2.14. The lowest BCUT2D eigenvalue weighted by atomic mass is 10.1. The van der Waals surface area contributed by atoms with Gasteiger partial charge in [-0.25, -0.2) is 0 Å². The van der Waals surface area contributed by atoms with E-state index in [4.69, 9.17) is 10.00 Å². The molecule has 0 aromatic heterocycles. The van der Waals surface area contributed by atoms with Crippen LogP contribution < -0.4 is 5.32 Å². The van der Waals surface area contributed by atoms with Crippen LogP contribution in [0.3, 0.4) is 0 Å². The highest BCUT2D eigenvalue weighted by molar-refractivity contribution is 5.92. The molecule has 2 aromatic carbocycles. The predicted molar refractivity (Wildman–Crippen MR) is 99.4 cm³/mol. The summed E-state index contributed by atoms with van der Waals surface area (Å²) < 4.78 is 5.19. The Kier molecular flexibility index (Phi) is 7.88. The molecule has 0 unspecified atom stereocenters. The number of amides is 1. The molecule has 0 heterocycles. The first-order chi connectivity index (χ1) is 12.7. The molecule has 5 heteroatoms. The van der Waals surface area contributed by atoms with Crippen molar-refractivity contribution in [3.63, 3.8) is 0 Å². The molecular formula is C21H22N2O3. The van der Waals surface area contributed by atoms with Crippen molar-refractivity contribution in [2.75, 3.05) is 11.9 Å². The van der Waals surface area contributed by atoms with E-state index in [-0.39, 0.29) is 24.7 Å². The zero-order chi connectivity index (χ0) is 18.6. The second-order valence-electron chi connectivity index (χ2n) is 5.87. The normalized spacial score (nSPS) is 9.96. The third-order valence-electron chi connectivity index (χ3n) is 3.82. The van der Waals surface area contributed by atoms with E-state index in [1.165, 1.54) is 5.56 Å². The van der Waals surface area contributed by atoms with E-state index in [1.807, 2.05) is 36.4 Å². The number of carbonyl (C=O) groups is 2. The van der Waals surface area contributed by atoms with Gasteiger partial charge < -0.3 is 10.1 Å². The van der Waals surface area contributed by atoms with E-state index in [1.54, 1.807) is 24.3 Å². The quantitative estimate of drug-likeness (QED) is 0.550. The summed E-state index contributed by atoms with van der Waals surface area (Å²) in [5.74, 6) is -0.507. The van der Waals surface area contributed by atoms with E-state index in [9.17, 15) is 9.59 Å². The van der Waals surface area contributed by atoms with Gasteiger partial charge in [0.25, 0.3) is 0 Å². The van der Waals surface area contributed by atoms with E-state index >= 15 is 0 Å². The maximum absolute atomic E-state index is 11.9. The molecular weight excluding hydrogens is 328 g/mol. The van der Waals surface area contributed by atoms with Crippen LogP contribution in [0.2, 0.25) is 0 Å². The lowest BCUT2D eigenvalue weighted by Gasteiger charge is -2.07. The Balaban J connectivity index is 1.59. The van der Waals surface area contributed by atoms with Gasteiger partial charge in [-0.2, -0.15) is 5.26 Å². The number of esters is 1. The average Bonchev–Trinajstić information content (AvgIpc) is 2.66. The maximum Gasteiger partial charge on any atom is 0.305 e. The smallest absolute Gasteiger partial charge is 0.305 e. The van der Waals surface area contributed by atoms with Crippen LogP contribution in [0.25, 0.3) is 0 Å². The highest BCUT2D eigenvalue weighted by Gasteiger charge is 2.08. The summed E-state index contributed by atoms with van der Waals surface area (Å²) in [7, 11) is 0. The van der Waals surface area contributed by atoms with Gasteiger partial charge in [0.05, 0.1) is 17.9 Å². The number of hydrogen-bond donors (Lipinski definition) is 1. The van der Waals surface area contributed by atoms with Gasteiger partial charge >= 0.3 is 5.97 Å². The molecule has 2 rings (SSSR count). The van der Waals surface area contributed by atoms with Crippen molar-refractivity contribution in [2.24, 2.45) is 0 Å². The second-order valence-corrected chi connectivity index (χ2v) is 5.87. The molecule has 0 aliphatic carbocycles. The molecule has 0 fully saturated rings. The van der Waals surface area contributed by atoms with Crippen LogP contribution in [0.5, 0.6) is 0 Å². The van der Waals surface area contributed by atoms with Crippen LogP contribution in [0.1, 0.15) is 36.8 Å². The number of aryl methyl sites for hydroxylation is 1. The van der Waals surface area contributed by atoms with Crippen molar-refractivity contribution < 1.29 is 14.3 Å². The summed E-state index contributed by atoms with van der Waals surface area (Å²) in [4.78, 5) is 23.6. The zero-order valence-electron chi connectivity index (χ0n) is 14.6. The number of benzene rings is 2. The molecule has 0 saturated carbocycles. The van der Waals surface area contributed by atoms with Crippen LogP contribution in [-0.4, -0.2) is 18.5 Å². The predicted octanol–water partition coefficient (Wildman–Crippen LogP) is 3.84. The molecule has 1 N–H and O–H groups in total. The van der Waals surface area contributed by atoms with Gasteiger partial charge in [0.2, 0.25) is 5.91 Å². The molecule has 0 saturated heterocycles. The van der Waals surface area contributed by atoms with Gasteiger partial charge in [-0.05, 0) is 37.0 Å². The van der Waals surface area contributed by atoms with Crippen molar-refractivity contribution in [3.05, 3.63) is 65.7 Å². The minimum Gasteiger partial charge on any atom is -0.466 e. The Labute approximate surface area is 153 Å². The first-order valence-corrected chi connectivity index (χ1v) is 8.67. The number of nitrogens with one attached hydrogen (secondary N) is 1. The molecule has 134 valence electrons. The Hall–Kier alpha value is -3.13. The Bertz CT molecular complexity index is 766. The minimum atomic E-state index is -0.289. The third kappa shape index (κ3) is 6.78. The molecule has 0 aliphatic rings. The number of carbonyl (C=O) groups excluding carboxylic acids is 2. The molecule has 2 aromatic rings. The van der Waals surface area contributed by atoms with Gasteiger partial charge in [-0.15, -0.1) is 0 Å². The molecule has 1 amide bonds. The van der Waals surface area contributed by atoms with Gasteiger partial charge in [0.1, 0.15) is 6.07 Å². The largest absolute Gasteiger partial charge is 0.466 e. The highest BCUT2D eigenvalue weighted by atomic mass is 16.5. The Morgan fingerprint density at radius 3 is 2.46 bits per heavy atom. The van der Waals surface area contributed by atoms with Crippen LogP contribution in [0, 0.1) is 11.3 Å². The van der Waals surface area contributed by atoms with E-state index < -0.39 is 0 Å². The van der Waals surface area contributed by atoms with Crippen molar-refractivity contribution in [3.8, 4) is 6.07 Å². The van der Waals surface area contributed by atoms with Gasteiger partial charge in [-0.1, -0.05) is 42.5 Å². The van der Waals surface area contributed by atoms with Gasteiger partial charge in [-0.3, -0.25) is 9.59 Å². The maximum atomic E-state index is 11.9. The van der Waals surface area contributed by atoms with E-state index in [0.717, 1.165) is 12.8 Å². The fourth-order valence-electron chi connectivity index (χ4n) is 2.47. The Morgan fingerprint density at radius 1 is 0.962 bits per heavy atom. The fraction of sp³-hybridized carbons (Fsp3) is 0.286. The Morgan fingerprint density at radius 2 is 1.69 bits per heavy atom. The molecule has 0 radical (unpaired) electrons. The number of para-hydroxylation sites is 1. The fourth-order valence-corrected chi connectivity index (χ4v) is 2.47. The first kappa shape index (κ1) is 19.2. The number of nitriles is 1. The number of nitrogens with zero attached hydrogens (tertiary/aromatic N) is 1. The molecule has 26 heavy (non-hydrogen) atoms. The lowest BCUT2D eigenvalue weighted by molar-refractivity contribution is -0.143. The summed E-state index contributed by atoms with van der Waals surface area (Å²) in [6.07, 6.45) is 2.48. The molecule has 0 aliphatic heterocycles. The number of rotatable bonds is 9. The summed E-state index contributed by atoms with van der Waals surface area (Å²) in [5.41, 5.74) is 2.13. The first-order valence-electron chi connectivity index (χ1n) is 8.67. The summed E-state index contributed by atoms with van der Waals surface area (Å²) >= 11 is 0. The van der Waals surface area contributed by atoms with E-state index in [2.05, 4.69) is 5.32 Å². The second kappa shape index (κ2) is 10.7. The standard InChI is InChI=1S/C21H22N2O3/c22-16-18-11-4-5-12-19(18)23-20(24)13-6-14-21(25)26-15-7-10-17-8-2-1-3-9-17/h1-5,8-9,11-12H,6-7,10,13-15H2,(H,23,24). The van der Waals surface area contributed by atoms with Gasteiger partial charge in [0, 0.05) is 12.8 Å². The molecule has 5 nitrogen and oxygen atoms in total. The number of ether oxygens (including phenoxy) is 1. The van der Waals surface area contributed by atoms with Gasteiger partial charge in [0.15, 0.2) is 0 Å². The van der Waals surface area contributed by atoms with Crippen molar-refractivity contribution in [1.82, 2.24) is 0 Å². The summed E-state index contributed by atoms with van der Waals surface area (Å²) in [6.45, 7) is 0.384. The molecule has 0 spiro atoms. The number of anilines is 1. The van der Waals surface area contributed by atoms with E-state index in [0.29, 0.717) is 24.3 Å². The minimum absolute atomic E-state index is 0.207. The lowest BCUT2D eigenvalue weighted by Crippen LogP contribution is -2.13. The van der Waals surface area contributed by atoms with Crippen LogP contribution >= 0.6 is 0 Å². The average molecular weight is 350 g/mol. The van der Waals surface area contributed by atoms with Crippen LogP contribution in [0.4, 0.5) is 5.69 Å². The summed E-state index contributed by atoms with van der Waals surface area (Å²) in [5, 5.41) is 11.7. The SMILES string of the molecule is N#Cc1ccccc1NC(=O)CCCC(=O)OCCCc1ccccc1. The molecule has 0 bridgehead atoms. The van der Waals surface area contributed by atoms with Crippen molar-refractivity contribution >= 4 is 17.6 Å². The number of hydrogen-bond acceptors (Lipinski definition) is 4. The topological polar surface area (TPSA) is 79.2 Å². The van der Waals surface area contributed by atoms with Crippen molar-refractivity contribution in [2.45, 2.75) is 32.1 Å². The third-order valence-corrected chi connectivity index (χ3v) is 3.82.